The van der Waals surface area contributed by atoms with E-state index in [-0.39, 0.29) is 11.8 Å². The van der Waals surface area contributed by atoms with Crippen LogP contribution in [0.3, 0.4) is 0 Å². The van der Waals surface area contributed by atoms with E-state index < -0.39 is 16.7 Å². The van der Waals surface area contributed by atoms with Crippen molar-refractivity contribution in [2.45, 2.75) is 13.0 Å². The summed E-state index contributed by atoms with van der Waals surface area (Å²) in [5.74, 6) is -1.02. The number of nitrogens with zero attached hydrogens (tertiary/aromatic N) is 1. The highest BCUT2D eigenvalue weighted by atomic mass is 16.6. The fourth-order valence-electron chi connectivity index (χ4n) is 2.52. The molecule has 1 N–H and O–H groups in total. The Morgan fingerprint density at radius 1 is 1.13 bits per heavy atom. The predicted molar refractivity (Wildman–Crippen MR) is 85.2 cm³/mol. The molecule has 0 aliphatic heterocycles. The van der Waals surface area contributed by atoms with Crippen LogP contribution in [0.2, 0.25) is 0 Å². The van der Waals surface area contributed by atoms with Gasteiger partial charge in [-0.25, -0.2) is 0 Å². The smallest absolute Gasteiger partial charge is 0.395 e. The number of fused-ring (bicyclic) bond motifs is 1. The Kier molecular flexibility index (Phi) is 3.80. The van der Waals surface area contributed by atoms with Crippen molar-refractivity contribution in [3.63, 3.8) is 0 Å². The number of hydrogen-bond acceptors (Lipinski definition) is 4. The van der Waals surface area contributed by atoms with Crippen LogP contribution in [0.4, 0.5) is 5.88 Å². The van der Waals surface area contributed by atoms with Gasteiger partial charge >= 0.3 is 5.88 Å². The second-order valence-electron chi connectivity index (χ2n) is 5.16. The zero-order valence-electron chi connectivity index (χ0n) is 12.4. The van der Waals surface area contributed by atoms with E-state index in [1.807, 2.05) is 49.4 Å². The topological polar surface area (TPSA) is 85.4 Å². The molecule has 6 heteroatoms. The molecule has 6 nitrogen and oxygen atoms in total. The van der Waals surface area contributed by atoms with E-state index in [0.29, 0.717) is 0 Å². The summed E-state index contributed by atoms with van der Waals surface area (Å²) < 4.78 is 4.92. The van der Waals surface area contributed by atoms with Crippen molar-refractivity contribution >= 4 is 22.6 Å². The van der Waals surface area contributed by atoms with Gasteiger partial charge in [0.25, 0.3) is 5.91 Å². The molecule has 3 aromatic rings. The zero-order valence-corrected chi connectivity index (χ0v) is 12.4. The Balaban J connectivity index is 1.83. The summed E-state index contributed by atoms with van der Waals surface area (Å²) in [5.41, 5.74) is 0.970. The van der Waals surface area contributed by atoms with E-state index in [1.54, 1.807) is 0 Å². The van der Waals surface area contributed by atoms with Crippen LogP contribution in [-0.2, 0) is 0 Å². The SMILES string of the molecule is CC(NC(=O)c1ccc([N+](=O)[O-])o1)c1cccc2ccccc12. The molecule has 1 atom stereocenters. The average molecular weight is 310 g/mol. The molecule has 0 saturated heterocycles. The van der Waals surface area contributed by atoms with Gasteiger partial charge in [-0.3, -0.25) is 14.9 Å². The molecule has 0 saturated carbocycles. The van der Waals surface area contributed by atoms with Gasteiger partial charge in [0.05, 0.1) is 12.1 Å². The van der Waals surface area contributed by atoms with Crippen LogP contribution in [0.5, 0.6) is 0 Å². The van der Waals surface area contributed by atoms with E-state index >= 15 is 0 Å². The molecule has 1 aromatic heterocycles. The Hall–Kier alpha value is -3.15. The molecule has 1 heterocycles. The van der Waals surface area contributed by atoms with E-state index in [0.717, 1.165) is 22.4 Å². The van der Waals surface area contributed by atoms with Crippen molar-refractivity contribution in [3.8, 4) is 0 Å². The van der Waals surface area contributed by atoms with Crippen LogP contribution in [0, 0.1) is 10.1 Å². The molecule has 116 valence electrons. The number of carbonyl (C=O) groups is 1. The lowest BCUT2D eigenvalue weighted by molar-refractivity contribution is -0.402. The van der Waals surface area contributed by atoms with E-state index in [4.69, 9.17) is 4.42 Å². The maximum atomic E-state index is 12.2. The minimum atomic E-state index is -0.676. The van der Waals surface area contributed by atoms with Crippen LogP contribution in [0.25, 0.3) is 10.8 Å². The molecule has 0 spiro atoms. The standard InChI is InChI=1S/C17H14N2O4/c1-11(13-8-4-6-12-5-2-3-7-14(12)13)18-17(20)15-9-10-16(23-15)19(21)22/h2-11H,1H3,(H,18,20). The number of amides is 1. The van der Waals surface area contributed by atoms with Crippen molar-refractivity contribution in [2.24, 2.45) is 0 Å². The highest BCUT2D eigenvalue weighted by molar-refractivity contribution is 5.93. The van der Waals surface area contributed by atoms with Gasteiger partial charge in [0.2, 0.25) is 0 Å². The first kappa shape index (κ1) is 14.8. The highest BCUT2D eigenvalue weighted by Crippen LogP contribution is 2.24. The summed E-state index contributed by atoms with van der Waals surface area (Å²) in [6.07, 6.45) is 0. The summed E-state index contributed by atoms with van der Waals surface area (Å²) >= 11 is 0. The second-order valence-corrected chi connectivity index (χ2v) is 5.16. The van der Waals surface area contributed by atoms with Crippen LogP contribution in [-0.4, -0.2) is 10.8 Å². The summed E-state index contributed by atoms with van der Waals surface area (Å²) in [4.78, 5) is 22.1. The number of rotatable bonds is 4. The number of nitro groups is 1. The second kappa shape index (κ2) is 5.92. The third kappa shape index (κ3) is 2.91. The Bertz CT molecular complexity index is 880. The summed E-state index contributed by atoms with van der Waals surface area (Å²) in [6.45, 7) is 1.86. The largest absolute Gasteiger partial charge is 0.433 e. The number of furan rings is 1. The maximum Gasteiger partial charge on any atom is 0.433 e. The number of carbonyl (C=O) groups excluding carboxylic acids is 1. The van der Waals surface area contributed by atoms with Gasteiger partial charge in [-0.15, -0.1) is 0 Å². The molecule has 3 rings (SSSR count). The average Bonchev–Trinajstić information content (AvgIpc) is 3.04. The first-order chi connectivity index (χ1) is 11.1. The van der Waals surface area contributed by atoms with Gasteiger partial charge in [0, 0.05) is 0 Å². The Morgan fingerprint density at radius 2 is 1.87 bits per heavy atom. The van der Waals surface area contributed by atoms with Crippen molar-refractivity contribution in [2.75, 3.05) is 0 Å². The molecule has 2 aromatic carbocycles. The lowest BCUT2D eigenvalue weighted by Gasteiger charge is -2.15. The lowest BCUT2D eigenvalue weighted by atomic mass is 9.99. The summed E-state index contributed by atoms with van der Waals surface area (Å²) in [7, 11) is 0. The lowest BCUT2D eigenvalue weighted by Crippen LogP contribution is -2.26. The molecular formula is C17H14N2O4. The molecule has 0 radical (unpaired) electrons. The summed E-state index contributed by atoms with van der Waals surface area (Å²) in [6, 6.07) is 16.0. The third-order valence-electron chi connectivity index (χ3n) is 3.63. The van der Waals surface area contributed by atoms with Crippen LogP contribution in [0.1, 0.15) is 29.1 Å². The molecule has 0 aliphatic carbocycles. The molecule has 0 aliphatic rings. The van der Waals surface area contributed by atoms with Crippen molar-refractivity contribution in [1.82, 2.24) is 5.32 Å². The minimum absolute atomic E-state index is 0.0798. The van der Waals surface area contributed by atoms with E-state index in [1.165, 1.54) is 6.07 Å². The number of nitrogens with one attached hydrogen (secondary N) is 1. The maximum absolute atomic E-state index is 12.2. The molecule has 1 amide bonds. The fraction of sp³-hybridized carbons (Fsp3) is 0.118. The van der Waals surface area contributed by atoms with E-state index in [9.17, 15) is 14.9 Å². The van der Waals surface area contributed by atoms with Gasteiger partial charge in [0.15, 0.2) is 5.76 Å². The molecule has 0 bridgehead atoms. The van der Waals surface area contributed by atoms with Gasteiger partial charge in [-0.2, -0.15) is 0 Å². The monoisotopic (exact) mass is 310 g/mol. The van der Waals surface area contributed by atoms with Gasteiger partial charge in [-0.1, -0.05) is 42.5 Å². The minimum Gasteiger partial charge on any atom is -0.395 e. The van der Waals surface area contributed by atoms with Gasteiger partial charge < -0.3 is 9.73 Å². The molecular weight excluding hydrogens is 296 g/mol. The number of hydrogen-bond donors (Lipinski definition) is 1. The number of benzene rings is 2. The molecule has 1 unspecified atom stereocenters. The van der Waals surface area contributed by atoms with Gasteiger partial charge in [-0.05, 0) is 29.3 Å². The van der Waals surface area contributed by atoms with Crippen molar-refractivity contribution < 1.29 is 14.1 Å². The zero-order chi connectivity index (χ0) is 16.4. The normalized spacial score (nSPS) is 12.0. The van der Waals surface area contributed by atoms with E-state index in [2.05, 4.69) is 5.32 Å². The first-order valence-corrected chi connectivity index (χ1v) is 7.09. The molecule has 0 fully saturated rings. The quantitative estimate of drug-likeness (QED) is 0.586. The predicted octanol–water partition coefficient (Wildman–Crippen LogP) is 3.83. The third-order valence-corrected chi connectivity index (χ3v) is 3.63. The van der Waals surface area contributed by atoms with Crippen molar-refractivity contribution in [1.29, 1.82) is 0 Å². The summed E-state index contributed by atoms with van der Waals surface area (Å²) in [5, 5.41) is 15.5. The Labute approximate surface area is 131 Å². The highest BCUT2D eigenvalue weighted by Gasteiger charge is 2.19. The Morgan fingerprint density at radius 3 is 2.61 bits per heavy atom. The van der Waals surface area contributed by atoms with Crippen LogP contribution in [0.15, 0.2) is 59.0 Å². The van der Waals surface area contributed by atoms with Crippen LogP contribution < -0.4 is 5.32 Å². The molecule has 23 heavy (non-hydrogen) atoms. The first-order valence-electron chi connectivity index (χ1n) is 7.09. The van der Waals surface area contributed by atoms with Crippen LogP contribution >= 0.6 is 0 Å². The van der Waals surface area contributed by atoms with Crippen molar-refractivity contribution in [3.05, 3.63) is 76.0 Å². The fourth-order valence-corrected chi connectivity index (χ4v) is 2.52. The van der Waals surface area contributed by atoms with Gasteiger partial charge in [0.1, 0.15) is 4.92 Å².